The predicted molar refractivity (Wildman–Crippen MR) is 98.2 cm³/mol. The van der Waals surface area contributed by atoms with Gasteiger partial charge in [0.05, 0.1) is 13.7 Å². The van der Waals surface area contributed by atoms with Crippen LogP contribution in [0.5, 0.6) is 5.75 Å². The zero-order chi connectivity index (χ0) is 19.6. The summed E-state index contributed by atoms with van der Waals surface area (Å²) in [5.74, 6) is -0.155. The van der Waals surface area contributed by atoms with Gasteiger partial charge >= 0.3 is 12.1 Å². The highest BCUT2D eigenvalue weighted by molar-refractivity contribution is 5.89. The fourth-order valence-corrected chi connectivity index (χ4v) is 2.50. The fourth-order valence-electron chi connectivity index (χ4n) is 2.50. The standard InChI is InChI=1S/C19H24N2O6/c1-3-26-19(24)21-12-10-20(11-13-21)17(22)14-27-18(23)9-6-15-4-7-16(25-2)8-5-15/h4-9H,3,10-14H2,1-2H3/b9-6+. The van der Waals surface area contributed by atoms with Gasteiger partial charge in [-0.1, -0.05) is 12.1 Å². The van der Waals surface area contributed by atoms with E-state index in [4.69, 9.17) is 14.2 Å². The summed E-state index contributed by atoms with van der Waals surface area (Å²) in [5, 5.41) is 0. The Bertz CT molecular complexity index is 678. The fraction of sp³-hybridized carbons (Fsp3) is 0.421. The van der Waals surface area contributed by atoms with Crippen molar-refractivity contribution in [3.8, 4) is 5.75 Å². The molecule has 0 spiro atoms. The largest absolute Gasteiger partial charge is 0.497 e. The molecule has 1 aliphatic heterocycles. The monoisotopic (exact) mass is 376 g/mol. The summed E-state index contributed by atoms with van der Waals surface area (Å²) in [6, 6.07) is 7.17. The quantitative estimate of drug-likeness (QED) is 0.553. The summed E-state index contributed by atoms with van der Waals surface area (Å²) in [6.45, 7) is 3.30. The molecule has 0 bridgehead atoms. The molecule has 1 aromatic rings. The van der Waals surface area contributed by atoms with Gasteiger partial charge in [0.15, 0.2) is 6.61 Å². The highest BCUT2D eigenvalue weighted by atomic mass is 16.6. The van der Waals surface area contributed by atoms with E-state index in [0.717, 1.165) is 11.3 Å². The van der Waals surface area contributed by atoms with E-state index in [-0.39, 0.29) is 18.6 Å². The Morgan fingerprint density at radius 3 is 2.22 bits per heavy atom. The Balaban J connectivity index is 1.72. The van der Waals surface area contributed by atoms with Crippen molar-refractivity contribution in [1.82, 2.24) is 9.80 Å². The summed E-state index contributed by atoms with van der Waals surface area (Å²) in [7, 11) is 1.58. The van der Waals surface area contributed by atoms with Crippen LogP contribution in [0.25, 0.3) is 6.08 Å². The first kappa shape index (κ1) is 20.3. The predicted octanol–water partition coefficient (Wildman–Crippen LogP) is 1.55. The maximum atomic E-state index is 12.1. The van der Waals surface area contributed by atoms with E-state index in [1.807, 2.05) is 0 Å². The Morgan fingerprint density at radius 1 is 1.00 bits per heavy atom. The molecule has 1 aliphatic rings. The maximum Gasteiger partial charge on any atom is 0.409 e. The molecule has 0 atom stereocenters. The molecular formula is C19H24N2O6. The molecule has 8 heteroatoms. The van der Waals surface area contributed by atoms with Crippen LogP contribution >= 0.6 is 0 Å². The van der Waals surface area contributed by atoms with Crippen molar-refractivity contribution in [2.24, 2.45) is 0 Å². The van der Waals surface area contributed by atoms with Crippen molar-refractivity contribution < 1.29 is 28.6 Å². The first-order chi connectivity index (χ1) is 13.0. The number of hydrogen-bond acceptors (Lipinski definition) is 6. The summed E-state index contributed by atoms with van der Waals surface area (Å²) in [6.07, 6.45) is 2.50. The normalized spacial score (nSPS) is 14.1. The second-order valence-electron chi connectivity index (χ2n) is 5.78. The van der Waals surface area contributed by atoms with Gasteiger partial charge in [-0.05, 0) is 30.7 Å². The molecule has 1 aromatic carbocycles. The van der Waals surface area contributed by atoms with Gasteiger partial charge in [0.2, 0.25) is 0 Å². The van der Waals surface area contributed by atoms with Crippen molar-refractivity contribution in [3.63, 3.8) is 0 Å². The van der Waals surface area contributed by atoms with E-state index < -0.39 is 5.97 Å². The van der Waals surface area contributed by atoms with Gasteiger partial charge in [-0.3, -0.25) is 4.79 Å². The lowest BCUT2D eigenvalue weighted by molar-refractivity contribution is -0.148. The minimum Gasteiger partial charge on any atom is -0.497 e. The van der Waals surface area contributed by atoms with Crippen molar-refractivity contribution in [3.05, 3.63) is 35.9 Å². The molecule has 1 fully saturated rings. The number of nitrogens with zero attached hydrogens (tertiary/aromatic N) is 2. The summed E-state index contributed by atoms with van der Waals surface area (Å²) in [5.41, 5.74) is 0.814. The average Bonchev–Trinajstić information content (AvgIpc) is 2.71. The average molecular weight is 376 g/mol. The Morgan fingerprint density at radius 2 is 1.63 bits per heavy atom. The Labute approximate surface area is 158 Å². The third-order valence-electron chi connectivity index (χ3n) is 4.02. The first-order valence-electron chi connectivity index (χ1n) is 8.72. The van der Waals surface area contributed by atoms with Crippen molar-refractivity contribution in [2.45, 2.75) is 6.92 Å². The van der Waals surface area contributed by atoms with Crippen molar-refractivity contribution >= 4 is 24.0 Å². The molecular weight excluding hydrogens is 352 g/mol. The Kier molecular flexibility index (Phi) is 7.66. The van der Waals surface area contributed by atoms with Crippen LogP contribution in [-0.2, 0) is 19.1 Å². The lowest BCUT2D eigenvalue weighted by Crippen LogP contribution is -2.51. The van der Waals surface area contributed by atoms with Crippen LogP contribution < -0.4 is 4.74 Å². The van der Waals surface area contributed by atoms with Crippen molar-refractivity contribution in [2.75, 3.05) is 46.5 Å². The first-order valence-corrected chi connectivity index (χ1v) is 8.72. The third kappa shape index (κ3) is 6.32. The minimum atomic E-state index is -0.593. The molecule has 0 unspecified atom stereocenters. The van der Waals surface area contributed by atoms with Crippen LogP contribution in [-0.4, -0.2) is 74.3 Å². The van der Waals surface area contributed by atoms with Gasteiger partial charge in [-0.2, -0.15) is 0 Å². The molecule has 0 saturated carbocycles. The summed E-state index contributed by atoms with van der Waals surface area (Å²) < 4.78 is 15.0. The molecule has 0 radical (unpaired) electrons. The van der Waals surface area contributed by atoms with Crippen LogP contribution in [0.1, 0.15) is 12.5 Å². The number of ether oxygens (including phenoxy) is 3. The lowest BCUT2D eigenvalue weighted by atomic mass is 10.2. The number of amides is 2. The molecule has 0 aromatic heterocycles. The smallest absolute Gasteiger partial charge is 0.409 e. The highest BCUT2D eigenvalue weighted by Gasteiger charge is 2.25. The van der Waals surface area contributed by atoms with Crippen LogP contribution in [0.15, 0.2) is 30.3 Å². The molecule has 0 aliphatic carbocycles. The van der Waals surface area contributed by atoms with Crippen LogP contribution in [0.3, 0.4) is 0 Å². The van der Waals surface area contributed by atoms with E-state index in [1.165, 1.54) is 6.08 Å². The second kappa shape index (κ2) is 10.2. The zero-order valence-electron chi connectivity index (χ0n) is 15.6. The van der Waals surface area contributed by atoms with Crippen LogP contribution in [0, 0.1) is 0 Å². The number of benzene rings is 1. The number of piperazine rings is 1. The number of esters is 1. The molecule has 2 rings (SSSR count). The highest BCUT2D eigenvalue weighted by Crippen LogP contribution is 2.12. The van der Waals surface area contributed by atoms with E-state index in [9.17, 15) is 14.4 Å². The van der Waals surface area contributed by atoms with Gasteiger partial charge < -0.3 is 24.0 Å². The molecule has 8 nitrogen and oxygen atoms in total. The van der Waals surface area contributed by atoms with Gasteiger partial charge in [0.25, 0.3) is 5.91 Å². The number of carbonyl (C=O) groups excluding carboxylic acids is 3. The van der Waals surface area contributed by atoms with E-state index in [2.05, 4.69) is 0 Å². The third-order valence-corrected chi connectivity index (χ3v) is 4.02. The van der Waals surface area contributed by atoms with Crippen molar-refractivity contribution in [1.29, 1.82) is 0 Å². The Hall–Kier alpha value is -3.03. The van der Waals surface area contributed by atoms with Gasteiger partial charge in [0.1, 0.15) is 5.75 Å². The summed E-state index contributed by atoms with van der Waals surface area (Å²) in [4.78, 5) is 38.6. The lowest BCUT2D eigenvalue weighted by Gasteiger charge is -2.33. The molecule has 0 N–H and O–H groups in total. The number of carbonyl (C=O) groups is 3. The maximum absolute atomic E-state index is 12.1. The van der Waals surface area contributed by atoms with E-state index >= 15 is 0 Å². The van der Waals surface area contributed by atoms with Crippen LogP contribution in [0.2, 0.25) is 0 Å². The molecule has 1 saturated heterocycles. The molecule has 146 valence electrons. The minimum absolute atomic E-state index is 0.287. The zero-order valence-corrected chi connectivity index (χ0v) is 15.6. The van der Waals surface area contributed by atoms with Gasteiger partial charge in [0, 0.05) is 32.3 Å². The molecule has 2 amide bonds. The number of hydrogen-bond donors (Lipinski definition) is 0. The molecule has 1 heterocycles. The topological polar surface area (TPSA) is 85.4 Å². The summed E-state index contributed by atoms with van der Waals surface area (Å²) >= 11 is 0. The van der Waals surface area contributed by atoms with Gasteiger partial charge in [-0.15, -0.1) is 0 Å². The van der Waals surface area contributed by atoms with E-state index in [1.54, 1.807) is 54.2 Å². The van der Waals surface area contributed by atoms with Gasteiger partial charge in [-0.25, -0.2) is 9.59 Å². The van der Waals surface area contributed by atoms with Crippen LogP contribution in [0.4, 0.5) is 4.79 Å². The number of rotatable bonds is 6. The SMILES string of the molecule is CCOC(=O)N1CCN(C(=O)COC(=O)/C=C/c2ccc(OC)cc2)CC1. The second-order valence-corrected chi connectivity index (χ2v) is 5.78. The van der Waals surface area contributed by atoms with E-state index in [0.29, 0.717) is 32.8 Å². The number of methoxy groups -OCH3 is 1. The molecule has 27 heavy (non-hydrogen) atoms.